The first-order valence-corrected chi connectivity index (χ1v) is 8.57. The highest BCUT2D eigenvalue weighted by Crippen LogP contribution is 2.28. The molecule has 0 radical (unpaired) electrons. The molecule has 1 aromatic rings. The summed E-state index contributed by atoms with van der Waals surface area (Å²) in [5.74, 6) is 1.00. The van der Waals surface area contributed by atoms with Crippen molar-refractivity contribution >= 4 is 0 Å². The van der Waals surface area contributed by atoms with Gasteiger partial charge in [-0.3, -0.25) is 0 Å². The van der Waals surface area contributed by atoms with Crippen LogP contribution in [-0.4, -0.2) is 31.1 Å². The van der Waals surface area contributed by atoms with Crippen LogP contribution in [0.25, 0.3) is 0 Å². The second-order valence-electron chi connectivity index (χ2n) is 6.87. The van der Waals surface area contributed by atoms with Gasteiger partial charge < -0.3 is 9.64 Å². The third-order valence-corrected chi connectivity index (χ3v) is 4.86. The summed E-state index contributed by atoms with van der Waals surface area (Å²) in [5.41, 5.74) is 1.65. The number of hydrogen-bond donors (Lipinski definition) is 0. The summed E-state index contributed by atoms with van der Waals surface area (Å²) in [7, 11) is 0. The molecule has 0 spiro atoms. The Morgan fingerprint density at radius 3 is 2.33 bits per heavy atom. The van der Waals surface area contributed by atoms with Crippen molar-refractivity contribution in [1.82, 2.24) is 4.90 Å². The number of rotatable bonds is 7. The Morgan fingerprint density at radius 2 is 1.71 bits per heavy atom. The number of nitrogens with zero attached hydrogens (tertiary/aromatic N) is 1. The molecule has 1 saturated heterocycles. The summed E-state index contributed by atoms with van der Waals surface area (Å²) in [6.07, 6.45) is 6.43. The Kier molecular flexibility index (Phi) is 6.10. The van der Waals surface area contributed by atoms with Crippen LogP contribution in [0.5, 0.6) is 5.75 Å². The van der Waals surface area contributed by atoms with Crippen LogP contribution in [0.3, 0.4) is 0 Å². The second-order valence-corrected chi connectivity index (χ2v) is 6.87. The highest BCUT2D eigenvalue weighted by Gasteiger charge is 2.17. The van der Waals surface area contributed by atoms with Crippen molar-refractivity contribution in [3.63, 3.8) is 0 Å². The lowest BCUT2D eigenvalue weighted by molar-refractivity contribution is 0.205. The Balaban J connectivity index is 1.71. The van der Waals surface area contributed by atoms with Crippen LogP contribution in [0.2, 0.25) is 0 Å². The predicted molar refractivity (Wildman–Crippen MR) is 90.2 cm³/mol. The smallest absolute Gasteiger partial charge is 0.119 e. The lowest BCUT2D eigenvalue weighted by Crippen LogP contribution is -2.31. The average molecular weight is 289 g/mol. The topological polar surface area (TPSA) is 12.5 Å². The van der Waals surface area contributed by atoms with E-state index >= 15 is 0 Å². The minimum absolute atomic E-state index is 0.257. The third-order valence-electron chi connectivity index (χ3n) is 4.86. The minimum Gasteiger partial charge on any atom is -0.494 e. The largest absolute Gasteiger partial charge is 0.494 e. The van der Waals surface area contributed by atoms with Gasteiger partial charge in [-0.1, -0.05) is 39.3 Å². The highest BCUT2D eigenvalue weighted by molar-refractivity contribution is 5.31. The zero-order valence-electron chi connectivity index (χ0n) is 14.0. The maximum Gasteiger partial charge on any atom is 0.119 e. The Morgan fingerprint density at radius 1 is 1.05 bits per heavy atom. The molecule has 118 valence electrons. The lowest BCUT2D eigenvalue weighted by atomic mass is 9.82. The lowest BCUT2D eigenvalue weighted by Gasteiger charge is -2.26. The van der Waals surface area contributed by atoms with Gasteiger partial charge in [0.05, 0.1) is 6.61 Å². The zero-order valence-corrected chi connectivity index (χ0v) is 14.0. The van der Waals surface area contributed by atoms with E-state index in [0.29, 0.717) is 0 Å². The van der Waals surface area contributed by atoms with E-state index in [2.05, 4.69) is 49.9 Å². The van der Waals surface area contributed by atoms with Gasteiger partial charge in [0.2, 0.25) is 0 Å². The van der Waals surface area contributed by atoms with Crippen molar-refractivity contribution in [2.24, 2.45) is 0 Å². The van der Waals surface area contributed by atoms with Crippen molar-refractivity contribution in [2.75, 3.05) is 26.2 Å². The highest BCUT2D eigenvalue weighted by atomic mass is 16.5. The number of likely N-dealkylation sites (tertiary alicyclic amines) is 1. The molecule has 0 unspecified atom stereocenters. The minimum atomic E-state index is 0.257. The third kappa shape index (κ3) is 5.03. The van der Waals surface area contributed by atoms with Crippen LogP contribution in [0.1, 0.15) is 58.4 Å². The molecule has 0 atom stereocenters. The van der Waals surface area contributed by atoms with Gasteiger partial charge in [-0.15, -0.1) is 0 Å². The van der Waals surface area contributed by atoms with Crippen molar-refractivity contribution in [1.29, 1.82) is 0 Å². The van der Waals surface area contributed by atoms with Crippen LogP contribution in [-0.2, 0) is 5.41 Å². The maximum absolute atomic E-state index is 5.87. The van der Waals surface area contributed by atoms with E-state index in [9.17, 15) is 0 Å². The molecular formula is C19H31NO. The van der Waals surface area contributed by atoms with E-state index in [4.69, 9.17) is 4.74 Å². The molecule has 0 aliphatic carbocycles. The normalized spacial score (nSPS) is 16.9. The molecule has 21 heavy (non-hydrogen) atoms. The van der Waals surface area contributed by atoms with Gasteiger partial charge in [0.15, 0.2) is 0 Å². The molecule has 0 bridgehead atoms. The molecule has 1 heterocycles. The van der Waals surface area contributed by atoms with Gasteiger partial charge in [0, 0.05) is 6.54 Å². The van der Waals surface area contributed by atoms with Crippen molar-refractivity contribution < 1.29 is 4.74 Å². The van der Waals surface area contributed by atoms with E-state index in [1.807, 2.05) is 0 Å². The monoisotopic (exact) mass is 289 g/mol. The first-order valence-electron chi connectivity index (χ1n) is 8.57. The first-order chi connectivity index (χ1) is 10.1. The molecule has 1 aliphatic heterocycles. The number of ether oxygens (including phenoxy) is 1. The predicted octanol–water partition coefficient (Wildman–Crippen LogP) is 4.63. The quantitative estimate of drug-likeness (QED) is 0.679. The molecule has 0 aromatic heterocycles. The van der Waals surface area contributed by atoms with Gasteiger partial charge in [0.25, 0.3) is 0 Å². The summed E-state index contributed by atoms with van der Waals surface area (Å²) in [6.45, 7) is 11.4. The van der Waals surface area contributed by atoms with E-state index in [1.54, 1.807) is 0 Å². The molecule has 1 fully saturated rings. The fraction of sp³-hybridized carbons (Fsp3) is 0.684. The first kappa shape index (κ1) is 16.4. The van der Waals surface area contributed by atoms with Crippen molar-refractivity contribution in [2.45, 2.75) is 58.3 Å². The van der Waals surface area contributed by atoms with E-state index in [1.165, 1.54) is 44.5 Å². The van der Waals surface area contributed by atoms with E-state index in [0.717, 1.165) is 25.2 Å². The molecule has 0 N–H and O–H groups in total. The summed E-state index contributed by atoms with van der Waals surface area (Å²) in [4.78, 5) is 2.57. The molecule has 1 aromatic carbocycles. The fourth-order valence-corrected chi connectivity index (χ4v) is 2.87. The molecule has 2 heteroatoms. The Bertz CT molecular complexity index is 404. The zero-order chi connectivity index (χ0) is 15.1. The number of hydrogen-bond acceptors (Lipinski definition) is 2. The summed E-state index contributed by atoms with van der Waals surface area (Å²) in [5, 5.41) is 0. The van der Waals surface area contributed by atoms with Crippen LogP contribution >= 0.6 is 0 Å². The maximum atomic E-state index is 5.87. The van der Waals surface area contributed by atoms with E-state index in [-0.39, 0.29) is 5.41 Å². The summed E-state index contributed by atoms with van der Waals surface area (Å²) in [6, 6.07) is 8.66. The van der Waals surface area contributed by atoms with Gasteiger partial charge in [-0.25, -0.2) is 0 Å². The number of benzene rings is 1. The summed E-state index contributed by atoms with van der Waals surface area (Å²) >= 11 is 0. The molecule has 2 nitrogen and oxygen atoms in total. The van der Waals surface area contributed by atoms with Gasteiger partial charge in [-0.2, -0.15) is 0 Å². The van der Waals surface area contributed by atoms with Crippen molar-refractivity contribution in [3.8, 4) is 5.75 Å². The molecule has 0 amide bonds. The van der Waals surface area contributed by atoms with Crippen LogP contribution in [0.4, 0.5) is 0 Å². The second kappa shape index (κ2) is 7.84. The van der Waals surface area contributed by atoms with Gasteiger partial charge in [-0.05, 0) is 61.9 Å². The molecule has 1 aliphatic rings. The van der Waals surface area contributed by atoms with E-state index < -0.39 is 0 Å². The summed E-state index contributed by atoms with van der Waals surface area (Å²) < 4.78 is 5.87. The average Bonchev–Trinajstić information content (AvgIpc) is 2.53. The van der Waals surface area contributed by atoms with Crippen molar-refractivity contribution in [3.05, 3.63) is 29.8 Å². The number of piperidine rings is 1. The fourth-order valence-electron chi connectivity index (χ4n) is 2.87. The van der Waals surface area contributed by atoms with Gasteiger partial charge >= 0.3 is 0 Å². The Labute approximate surface area is 130 Å². The molecule has 2 rings (SSSR count). The molecular weight excluding hydrogens is 258 g/mol. The molecule has 0 saturated carbocycles. The van der Waals surface area contributed by atoms with Crippen LogP contribution in [0, 0.1) is 0 Å². The SMILES string of the molecule is CCC(C)(C)c1ccc(OCCCN2CCCCC2)cc1. The Hall–Kier alpha value is -1.02. The van der Waals surface area contributed by atoms with Crippen LogP contribution in [0.15, 0.2) is 24.3 Å². The van der Waals surface area contributed by atoms with Gasteiger partial charge in [0.1, 0.15) is 5.75 Å². The van der Waals surface area contributed by atoms with Crippen LogP contribution < -0.4 is 4.74 Å². The standard InChI is InChI=1S/C19H31NO/c1-4-19(2,3)17-9-11-18(12-10-17)21-16-8-15-20-13-6-5-7-14-20/h9-12H,4-8,13-16H2,1-3H3.